The molecule has 0 saturated heterocycles. The standard InChI is InChI=1S/C17H16O/c1-2-15(13-14-9-5-3-6-10-14)17(18)16-11-7-4-8-12-16/h2-12,15H,1,13H2. The summed E-state index contributed by atoms with van der Waals surface area (Å²) in [5.41, 5.74) is 1.91. The minimum atomic E-state index is -0.158. The molecule has 90 valence electrons. The Labute approximate surface area is 108 Å². The van der Waals surface area contributed by atoms with Crippen LogP contribution in [0, 0.1) is 5.92 Å². The van der Waals surface area contributed by atoms with Gasteiger partial charge in [-0.2, -0.15) is 0 Å². The van der Waals surface area contributed by atoms with Gasteiger partial charge in [0.1, 0.15) is 0 Å². The van der Waals surface area contributed by atoms with Crippen molar-refractivity contribution in [1.29, 1.82) is 0 Å². The fraction of sp³-hybridized carbons (Fsp3) is 0.118. The van der Waals surface area contributed by atoms with Gasteiger partial charge in [0, 0.05) is 11.5 Å². The van der Waals surface area contributed by atoms with Crippen LogP contribution in [0.2, 0.25) is 0 Å². The summed E-state index contributed by atoms with van der Waals surface area (Å²) in [6.45, 7) is 3.78. The summed E-state index contributed by atoms with van der Waals surface area (Å²) in [5.74, 6) is -0.0238. The van der Waals surface area contributed by atoms with Crippen LogP contribution >= 0.6 is 0 Å². The molecule has 0 aliphatic carbocycles. The molecule has 0 radical (unpaired) electrons. The molecule has 1 unspecified atom stereocenters. The summed E-state index contributed by atoms with van der Waals surface area (Å²) < 4.78 is 0. The molecule has 0 fully saturated rings. The van der Waals surface area contributed by atoms with Gasteiger partial charge in [0.25, 0.3) is 0 Å². The maximum absolute atomic E-state index is 12.3. The summed E-state index contributed by atoms with van der Waals surface area (Å²) in [7, 11) is 0. The topological polar surface area (TPSA) is 17.1 Å². The molecule has 0 saturated carbocycles. The van der Waals surface area contributed by atoms with Gasteiger partial charge in [-0.3, -0.25) is 4.79 Å². The first-order valence-corrected chi connectivity index (χ1v) is 6.07. The highest BCUT2D eigenvalue weighted by Gasteiger charge is 2.16. The molecule has 2 rings (SSSR count). The van der Waals surface area contributed by atoms with E-state index < -0.39 is 0 Å². The molecule has 0 heterocycles. The molecule has 1 heteroatoms. The molecule has 2 aromatic rings. The van der Waals surface area contributed by atoms with Crippen molar-refractivity contribution in [2.75, 3.05) is 0 Å². The highest BCUT2D eigenvalue weighted by Crippen LogP contribution is 2.15. The number of rotatable bonds is 5. The van der Waals surface area contributed by atoms with E-state index in [1.165, 1.54) is 0 Å². The highest BCUT2D eigenvalue weighted by molar-refractivity contribution is 5.98. The van der Waals surface area contributed by atoms with Crippen LogP contribution in [0.4, 0.5) is 0 Å². The van der Waals surface area contributed by atoms with Crippen LogP contribution in [0.1, 0.15) is 15.9 Å². The van der Waals surface area contributed by atoms with Crippen molar-refractivity contribution in [3.05, 3.63) is 84.4 Å². The van der Waals surface area contributed by atoms with Gasteiger partial charge in [-0.1, -0.05) is 66.7 Å². The Morgan fingerprint density at radius 1 is 1.00 bits per heavy atom. The summed E-state index contributed by atoms with van der Waals surface area (Å²) in [5, 5.41) is 0. The molecule has 18 heavy (non-hydrogen) atoms. The minimum absolute atomic E-state index is 0.134. The Morgan fingerprint density at radius 2 is 1.56 bits per heavy atom. The second-order valence-electron chi connectivity index (χ2n) is 4.26. The quantitative estimate of drug-likeness (QED) is 0.568. The van der Waals surface area contributed by atoms with Crippen molar-refractivity contribution in [3.8, 4) is 0 Å². The van der Waals surface area contributed by atoms with Gasteiger partial charge in [-0.25, -0.2) is 0 Å². The van der Waals surface area contributed by atoms with Crippen LogP contribution in [0.3, 0.4) is 0 Å². The first kappa shape index (κ1) is 12.3. The van der Waals surface area contributed by atoms with Gasteiger partial charge in [0.05, 0.1) is 0 Å². The predicted molar refractivity (Wildman–Crippen MR) is 74.6 cm³/mol. The maximum atomic E-state index is 12.3. The smallest absolute Gasteiger partial charge is 0.170 e. The summed E-state index contributed by atoms with van der Waals surface area (Å²) in [4.78, 5) is 12.3. The number of hydrogen-bond donors (Lipinski definition) is 0. The van der Waals surface area contributed by atoms with Crippen LogP contribution in [-0.2, 0) is 6.42 Å². The monoisotopic (exact) mass is 236 g/mol. The number of ketones is 1. The van der Waals surface area contributed by atoms with E-state index in [1.807, 2.05) is 60.7 Å². The van der Waals surface area contributed by atoms with Gasteiger partial charge in [-0.05, 0) is 12.0 Å². The van der Waals surface area contributed by atoms with Crippen LogP contribution in [0.5, 0.6) is 0 Å². The number of allylic oxidation sites excluding steroid dienone is 1. The predicted octanol–water partition coefficient (Wildman–Crippen LogP) is 3.91. The van der Waals surface area contributed by atoms with E-state index in [9.17, 15) is 4.79 Å². The number of carbonyl (C=O) groups is 1. The lowest BCUT2D eigenvalue weighted by molar-refractivity contribution is 0.0945. The zero-order valence-electron chi connectivity index (χ0n) is 10.3. The molecular weight excluding hydrogens is 220 g/mol. The Balaban J connectivity index is 2.15. The zero-order valence-corrected chi connectivity index (χ0v) is 10.3. The third kappa shape index (κ3) is 2.95. The van der Waals surface area contributed by atoms with Gasteiger partial charge in [0.15, 0.2) is 5.78 Å². The largest absolute Gasteiger partial charge is 0.294 e. The lowest BCUT2D eigenvalue weighted by atomic mass is 9.91. The fourth-order valence-corrected chi connectivity index (χ4v) is 1.97. The molecule has 0 aliphatic rings. The minimum Gasteiger partial charge on any atom is -0.294 e. The molecule has 0 amide bonds. The Bertz CT molecular complexity index is 514. The van der Waals surface area contributed by atoms with Crippen molar-refractivity contribution in [3.63, 3.8) is 0 Å². The van der Waals surface area contributed by atoms with Crippen molar-refractivity contribution in [2.24, 2.45) is 5.92 Å². The molecule has 0 aliphatic heterocycles. The van der Waals surface area contributed by atoms with Crippen LogP contribution in [0.25, 0.3) is 0 Å². The first-order chi connectivity index (χ1) is 8.81. The van der Waals surface area contributed by atoms with Crippen molar-refractivity contribution < 1.29 is 4.79 Å². The van der Waals surface area contributed by atoms with Crippen molar-refractivity contribution in [1.82, 2.24) is 0 Å². The second kappa shape index (κ2) is 5.97. The molecule has 0 aromatic heterocycles. The Hall–Kier alpha value is -2.15. The molecule has 1 nitrogen and oxygen atoms in total. The molecular formula is C17H16O. The van der Waals surface area contributed by atoms with E-state index in [-0.39, 0.29) is 11.7 Å². The number of Topliss-reactive ketones (excluding diaryl/α,β-unsaturated/α-hetero) is 1. The second-order valence-corrected chi connectivity index (χ2v) is 4.26. The maximum Gasteiger partial charge on any atom is 0.170 e. The summed E-state index contributed by atoms with van der Waals surface area (Å²) in [6, 6.07) is 19.4. The molecule has 0 spiro atoms. The fourth-order valence-electron chi connectivity index (χ4n) is 1.97. The molecule has 2 aromatic carbocycles. The van der Waals surface area contributed by atoms with E-state index in [0.29, 0.717) is 6.42 Å². The van der Waals surface area contributed by atoms with Gasteiger partial charge in [0.2, 0.25) is 0 Å². The average Bonchev–Trinajstić information content (AvgIpc) is 2.46. The summed E-state index contributed by atoms with van der Waals surface area (Å²) in [6.07, 6.45) is 2.44. The van der Waals surface area contributed by atoms with Crippen molar-refractivity contribution >= 4 is 5.78 Å². The average molecular weight is 236 g/mol. The van der Waals surface area contributed by atoms with E-state index in [4.69, 9.17) is 0 Å². The zero-order chi connectivity index (χ0) is 12.8. The third-order valence-corrected chi connectivity index (χ3v) is 2.98. The summed E-state index contributed by atoms with van der Waals surface area (Å²) >= 11 is 0. The van der Waals surface area contributed by atoms with Gasteiger partial charge in [-0.15, -0.1) is 6.58 Å². The SMILES string of the molecule is C=CC(Cc1ccccc1)C(=O)c1ccccc1. The molecule has 1 atom stereocenters. The molecule has 0 bridgehead atoms. The van der Waals surface area contributed by atoms with Crippen LogP contribution in [0.15, 0.2) is 73.3 Å². The number of benzene rings is 2. The lowest BCUT2D eigenvalue weighted by Crippen LogP contribution is -2.15. The van der Waals surface area contributed by atoms with E-state index in [1.54, 1.807) is 6.08 Å². The number of hydrogen-bond acceptors (Lipinski definition) is 1. The van der Waals surface area contributed by atoms with Crippen molar-refractivity contribution in [2.45, 2.75) is 6.42 Å². The Kier molecular flexibility index (Phi) is 4.08. The normalized spacial score (nSPS) is 11.8. The molecule has 0 N–H and O–H groups in total. The van der Waals surface area contributed by atoms with E-state index in [2.05, 4.69) is 6.58 Å². The number of carbonyl (C=O) groups excluding carboxylic acids is 1. The van der Waals surface area contributed by atoms with Crippen LogP contribution in [-0.4, -0.2) is 5.78 Å². The lowest BCUT2D eigenvalue weighted by Gasteiger charge is -2.11. The first-order valence-electron chi connectivity index (χ1n) is 6.07. The van der Waals surface area contributed by atoms with Crippen LogP contribution < -0.4 is 0 Å². The van der Waals surface area contributed by atoms with Gasteiger partial charge >= 0.3 is 0 Å². The van der Waals surface area contributed by atoms with E-state index >= 15 is 0 Å². The highest BCUT2D eigenvalue weighted by atomic mass is 16.1. The Morgan fingerprint density at radius 3 is 2.11 bits per heavy atom. The van der Waals surface area contributed by atoms with Gasteiger partial charge < -0.3 is 0 Å². The van der Waals surface area contributed by atoms with E-state index in [0.717, 1.165) is 11.1 Å². The third-order valence-electron chi connectivity index (χ3n) is 2.98.